The van der Waals surface area contributed by atoms with Crippen LogP contribution in [0.3, 0.4) is 0 Å². The first-order chi connectivity index (χ1) is 9.39. The molecular weight excluding hydrogens is 234 g/mol. The number of rotatable bonds is 4. The molecule has 2 aliphatic heterocycles. The van der Waals surface area contributed by atoms with Crippen molar-refractivity contribution < 1.29 is 4.74 Å². The summed E-state index contributed by atoms with van der Waals surface area (Å²) < 4.78 is 6.06. The lowest BCUT2D eigenvalue weighted by atomic mass is 9.69. The second-order valence-corrected chi connectivity index (χ2v) is 6.10. The third-order valence-corrected chi connectivity index (χ3v) is 4.97. The zero-order valence-corrected chi connectivity index (χ0v) is 11.7. The molecule has 1 N–H and O–H groups in total. The number of hydrogen-bond acceptors (Lipinski definition) is 2. The highest BCUT2D eigenvalue weighted by Crippen LogP contribution is 2.42. The van der Waals surface area contributed by atoms with E-state index in [0.717, 1.165) is 19.7 Å². The molecule has 1 aromatic carbocycles. The van der Waals surface area contributed by atoms with Crippen molar-refractivity contribution >= 4 is 0 Å². The van der Waals surface area contributed by atoms with Crippen LogP contribution in [-0.4, -0.2) is 25.8 Å². The molecule has 104 valence electrons. The number of piperidine rings is 1. The molecule has 2 heterocycles. The SMILES string of the molecule is c1ccc(CCC2(C3CCCO3)CCNCC2)cc1. The minimum Gasteiger partial charge on any atom is -0.378 e. The summed E-state index contributed by atoms with van der Waals surface area (Å²) >= 11 is 0. The normalized spacial score (nSPS) is 26.4. The topological polar surface area (TPSA) is 21.3 Å². The molecule has 1 aromatic rings. The number of aryl methyl sites for hydroxylation is 1. The van der Waals surface area contributed by atoms with Crippen LogP contribution in [0.25, 0.3) is 0 Å². The van der Waals surface area contributed by atoms with Crippen LogP contribution in [0, 0.1) is 5.41 Å². The Morgan fingerprint density at radius 1 is 1.16 bits per heavy atom. The van der Waals surface area contributed by atoms with Crippen molar-refractivity contribution in [2.75, 3.05) is 19.7 Å². The fraction of sp³-hybridized carbons (Fsp3) is 0.647. The molecule has 0 bridgehead atoms. The molecular formula is C17H25NO. The van der Waals surface area contributed by atoms with Gasteiger partial charge in [-0.3, -0.25) is 0 Å². The van der Waals surface area contributed by atoms with E-state index in [-0.39, 0.29) is 0 Å². The zero-order valence-electron chi connectivity index (χ0n) is 11.7. The highest BCUT2D eigenvalue weighted by Gasteiger charge is 2.41. The molecule has 0 saturated carbocycles. The van der Waals surface area contributed by atoms with E-state index in [1.807, 2.05) is 0 Å². The van der Waals surface area contributed by atoms with E-state index in [1.54, 1.807) is 0 Å². The van der Waals surface area contributed by atoms with Gasteiger partial charge in [0.1, 0.15) is 0 Å². The van der Waals surface area contributed by atoms with Crippen LogP contribution in [0.5, 0.6) is 0 Å². The number of hydrogen-bond donors (Lipinski definition) is 1. The summed E-state index contributed by atoms with van der Waals surface area (Å²) in [6, 6.07) is 10.9. The van der Waals surface area contributed by atoms with Crippen molar-refractivity contribution in [1.82, 2.24) is 5.32 Å². The van der Waals surface area contributed by atoms with Crippen LogP contribution >= 0.6 is 0 Å². The Hall–Kier alpha value is -0.860. The molecule has 2 nitrogen and oxygen atoms in total. The van der Waals surface area contributed by atoms with Crippen LogP contribution in [0.2, 0.25) is 0 Å². The van der Waals surface area contributed by atoms with Gasteiger partial charge in [-0.1, -0.05) is 30.3 Å². The van der Waals surface area contributed by atoms with E-state index >= 15 is 0 Å². The lowest BCUT2D eigenvalue weighted by Gasteiger charge is -2.42. The van der Waals surface area contributed by atoms with Crippen LogP contribution in [0.15, 0.2) is 30.3 Å². The lowest BCUT2D eigenvalue weighted by Crippen LogP contribution is -2.44. The van der Waals surface area contributed by atoms with Gasteiger partial charge in [0.2, 0.25) is 0 Å². The van der Waals surface area contributed by atoms with E-state index < -0.39 is 0 Å². The summed E-state index contributed by atoms with van der Waals surface area (Å²) in [6.45, 7) is 3.30. The maximum atomic E-state index is 6.06. The molecule has 2 heteroatoms. The summed E-state index contributed by atoms with van der Waals surface area (Å²) in [5, 5.41) is 3.51. The van der Waals surface area contributed by atoms with Crippen LogP contribution < -0.4 is 5.32 Å². The van der Waals surface area contributed by atoms with Crippen molar-refractivity contribution in [2.45, 2.75) is 44.6 Å². The van der Waals surface area contributed by atoms with Gasteiger partial charge in [-0.2, -0.15) is 0 Å². The molecule has 2 saturated heterocycles. The monoisotopic (exact) mass is 259 g/mol. The van der Waals surface area contributed by atoms with Crippen LogP contribution in [0.1, 0.15) is 37.7 Å². The van der Waals surface area contributed by atoms with Gasteiger partial charge >= 0.3 is 0 Å². The predicted molar refractivity (Wildman–Crippen MR) is 78.3 cm³/mol. The molecule has 2 aliphatic rings. The summed E-state index contributed by atoms with van der Waals surface area (Å²) in [5.41, 5.74) is 1.90. The fourth-order valence-electron chi connectivity index (χ4n) is 3.76. The van der Waals surface area contributed by atoms with E-state index in [1.165, 1.54) is 44.1 Å². The molecule has 0 spiro atoms. The van der Waals surface area contributed by atoms with Gasteiger partial charge in [-0.25, -0.2) is 0 Å². The summed E-state index contributed by atoms with van der Waals surface area (Å²) in [6.07, 6.45) is 8.08. The minimum absolute atomic E-state index is 0.428. The van der Waals surface area contributed by atoms with Gasteiger partial charge in [0.05, 0.1) is 6.10 Å². The van der Waals surface area contributed by atoms with E-state index in [0.29, 0.717) is 11.5 Å². The Morgan fingerprint density at radius 3 is 2.63 bits per heavy atom. The average molecular weight is 259 g/mol. The van der Waals surface area contributed by atoms with Gasteiger partial charge in [0.15, 0.2) is 0 Å². The highest BCUT2D eigenvalue weighted by molar-refractivity contribution is 5.15. The van der Waals surface area contributed by atoms with Crippen molar-refractivity contribution in [3.63, 3.8) is 0 Å². The molecule has 1 unspecified atom stereocenters. The van der Waals surface area contributed by atoms with Crippen LogP contribution in [0.4, 0.5) is 0 Å². The quantitative estimate of drug-likeness (QED) is 0.896. The summed E-state index contributed by atoms with van der Waals surface area (Å²) in [4.78, 5) is 0. The molecule has 19 heavy (non-hydrogen) atoms. The Bertz CT molecular complexity index is 378. The smallest absolute Gasteiger partial charge is 0.0633 e. The molecule has 2 fully saturated rings. The maximum Gasteiger partial charge on any atom is 0.0633 e. The largest absolute Gasteiger partial charge is 0.378 e. The van der Waals surface area contributed by atoms with Gasteiger partial charge in [0, 0.05) is 6.61 Å². The van der Waals surface area contributed by atoms with Crippen LogP contribution in [-0.2, 0) is 11.2 Å². The first-order valence-corrected chi connectivity index (χ1v) is 7.75. The van der Waals surface area contributed by atoms with Crippen molar-refractivity contribution in [1.29, 1.82) is 0 Å². The van der Waals surface area contributed by atoms with Crippen molar-refractivity contribution in [3.05, 3.63) is 35.9 Å². The first kappa shape index (κ1) is 13.1. The Kier molecular flexibility index (Phi) is 4.19. The standard InChI is InChI=1S/C17H25NO/c1-2-5-15(6-3-1)8-9-17(10-12-18-13-11-17)16-7-4-14-19-16/h1-3,5-6,16,18H,4,7-14H2. The second kappa shape index (κ2) is 6.06. The Labute approximate surface area is 116 Å². The van der Waals surface area contributed by atoms with Gasteiger partial charge in [-0.15, -0.1) is 0 Å². The number of nitrogens with one attached hydrogen (secondary N) is 1. The van der Waals surface area contributed by atoms with E-state index in [2.05, 4.69) is 35.6 Å². The van der Waals surface area contributed by atoms with Gasteiger partial charge in [0.25, 0.3) is 0 Å². The van der Waals surface area contributed by atoms with Crippen molar-refractivity contribution in [2.24, 2.45) is 5.41 Å². The molecule has 0 radical (unpaired) electrons. The predicted octanol–water partition coefficient (Wildman–Crippen LogP) is 3.17. The second-order valence-electron chi connectivity index (χ2n) is 6.10. The molecule has 0 aromatic heterocycles. The fourth-order valence-corrected chi connectivity index (χ4v) is 3.76. The summed E-state index contributed by atoms with van der Waals surface area (Å²) in [7, 11) is 0. The average Bonchev–Trinajstić information content (AvgIpc) is 3.02. The maximum absolute atomic E-state index is 6.06. The zero-order chi connectivity index (χ0) is 13.0. The van der Waals surface area contributed by atoms with Gasteiger partial charge < -0.3 is 10.1 Å². The lowest BCUT2D eigenvalue weighted by molar-refractivity contribution is -0.0251. The van der Waals surface area contributed by atoms with Gasteiger partial charge in [-0.05, 0) is 62.6 Å². The molecule has 0 aliphatic carbocycles. The van der Waals surface area contributed by atoms with E-state index in [9.17, 15) is 0 Å². The Balaban J connectivity index is 1.68. The highest BCUT2D eigenvalue weighted by atomic mass is 16.5. The molecule has 3 rings (SSSR count). The Morgan fingerprint density at radius 2 is 1.95 bits per heavy atom. The van der Waals surface area contributed by atoms with Crippen molar-refractivity contribution in [3.8, 4) is 0 Å². The molecule has 0 amide bonds. The number of benzene rings is 1. The summed E-state index contributed by atoms with van der Waals surface area (Å²) in [5.74, 6) is 0. The molecule has 1 atom stereocenters. The third kappa shape index (κ3) is 3.01. The minimum atomic E-state index is 0.428. The number of ether oxygens (including phenoxy) is 1. The van der Waals surface area contributed by atoms with E-state index in [4.69, 9.17) is 4.74 Å². The third-order valence-electron chi connectivity index (χ3n) is 4.97. The first-order valence-electron chi connectivity index (χ1n) is 7.75.